The molecule has 0 fully saturated rings. The Hall–Kier alpha value is -2.05. The van der Waals surface area contributed by atoms with Crippen LogP contribution in [0, 0.1) is 0 Å². The van der Waals surface area contributed by atoms with Gasteiger partial charge in [-0.15, -0.1) is 0 Å². The van der Waals surface area contributed by atoms with Crippen LogP contribution in [0.2, 0.25) is 0 Å². The van der Waals surface area contributed by atoms with Gasteiger partial charge in [0, 0.05) is 0 Å². The fourth-order valence-electron chi connectivity index (χ4n) is 0.519. The van der Waals surface area contributed by atoms with Crippen LogP contribution in [0.25, 0.3) is 0 Å². The largest absolute Gasteiger partial charge is 0.511 e. The first-order valence-corrected chi connectivity index (χ1v) is 2.75. The maximum absolute atomic E-state index is 9.95. The molecule has 0 atom stereocenters. The molecule has 0 saturated heterocycles. The SMILES string of the molecule is O=C(O)Oc1cnc(O)nc1O. The Morgan fingerprint density at radius 1 is 1.50 bits per heavy atom. The first-order valence-electron chi connectivity index (χ1n) is 2.75. The number of nitrogens with zero attached hydrogens (tertiary/aromatic N) is 2. The summed E-state index contributed by atoms with van der Waals surface area (Å²) in [6, 6.07) is -0.662. The molecule has 12 heavy (non-hydrogen) atoms. The predicted octanol–water partition coefficient (Wildman–Crippen LogP) is -0.0554. The molecule has 0 aliphatic rings. The molecule has 0 unspecified atom stereocenters. The molecule has 0 radical (unpaired) electrons. The number of rotatable bonds is 1. The Labute approximate surface area is 65.9 Å². The summed E-state index contributed by atoms with van der Waals surface area (Å²) in [6.45, 7) is 0. The summed E-state index contributed by atoms with van der Waals surface area (Å²) in [7, 11) is 0. The molecule has 0 aromatic carbocycles. The molecule has 0 amide bonds. The molecule has 7 nitrogen and oxygen atoms in total. The number of hydrogen-bond acceptors (Lipinski definition) is 6. The molecule has 1 aromatic rings. The Morgan fingerprint density at radius 3 is 2.67 bits per heavy atom. The van der Waals surface area contributed by atoms with E-state index in [2.05, 4.69) is 14.7 Å². The van der Waals surface area contributed by atoms with Crippen molar-refractivity contribution in [1.29, 1.82) is 0 Å². The Morgan fingerprint density at radius 2 is 2.17 bits per heavy atom. The third kappa shape index (κ3) is 1.72. The summed E-state index contributed by atoms with van der Waals surface area (Å²) in [5.41, 5.74) is 0. The lowest BCUT2D eigenvalue weighted by Crippen LogP contribution is -2.03. The van der Waals surface area contributed by atoms with E-state index in [1.165, 1.54) is 0 Å². The molecule has 0 aliphatic carbocycles. The molecular weight excluding hydrogens is 168 g/mol. The van der Waals surface area contributed by atoms with Gasteiger partial charge in [-0.05, 0) is 0 Å². The van der Waals surface area contributed by atoms with E-state index in [9.17, 15) is 4.79 Å². The predicted molar refractivity (Wildman–Crippen MR) is 34.0 cm³/mol. The highest BCUT2D eigenvalue weighted by Gasteiger charge is 2.09. The second kappa shape index (κ2) is 2.91. The van der Waals surface area contributed by atoms with Crippen LogP contribution in [0.3, 0.4) is 0 Å². The molecule has 0 aliphatic heterocycles. The lowest BCUT2D eigenvalue weighted by molar-refractivity contribution is 0.142. The van der Waals surface area contributed by atoms with Crippen molar-refractivity contribution in [3.8, 4) is 17.6 Å². The van der Waals surface area contributed by atoms with Gasteiger partial charge in [-0.1, -0.05) is 0 Å². The molecule has 1 rings (SSSR count). The lowest BCUT2D eigenvalue weighted by atomic mass is 10.6. The molecule has 0 saturated carbocycles. The quantitative estimate of drug-likeness (QED) is 0.508. The molecular formula is C5H4N2O5. The first kappa shape index (κ1) is 8.05. The number of ether oxygens (including phenoxy) is 1. The van der Waals surface area contributed by atoms with Gasteiger partial charge in [0.15, 0.2) is 0 Å². The highest BCUT2D eigenvalue weighted by atomic mass is 16.7. The van der Waals surface area contributed by atoms with Crippen molar-refractivity contribution in [3.63, 3.8) is 0 Å². The first-order chi connectivity index (χ1) is 5.59. The van der Waals surface area contributed by atoms with Crippen molar-refractivity contribution in [2.45, 2.75) is 0 Å². The smallest absolute Gasteiger partial charge is 0.490 e. The van der Waals surface area contributed by atoms with Crippen LogP contribution in [-0.4, -0.2) is 31.4 Å². The van der Waals surface area contributed by atoms with E-state index >= 15 is 0 Å². The zero-order chi connectivity index (χ0) is 9.14. The maximum atomic E-state index is 9.95. The Kier molecular flexibility index (Phi) is 1.95. The highest BCUT2D eigenvalue weighted by Crippen LogP contribution is 2.22. The van der Waals surface area contributed by atoms with Gasteiger partial charge in [-0.3, -0.25) is 0 Å². The van der Waals surface area contributed by atoms with Crippen LogP contribution >= 0.6 is 0 Å². The van der Waals surface area contributed by atoms with Crippen LogP contribution in [0.5, 0.6) is 17.6 Å². The maximum Gasteiger partial charge on any atom is 0.511 e. The minimum Gasteiger partial charge on any atom is -0.490 e. The number of aromatic nitrogens is 2. The molecule has 64 valence electrons. The van der Waals surface area contributed by atoms with Gasteiger partial charge in [-0.2, -0.15) is 9.97 Å². The molecule has 3 N–H and O–H groups in total. The van der Waals surface area contributed by atoms with Gasteiger partial charge < -0.3 is 20.1 Å². The summed E-state index contributed by atoms with van der Waals surface area (Å²) in [4.78, 5) is 16.2. The van der Waals surface area contributed by atoms with Gasteiger partial charge in [0.25, 0.3) is 5.88 Å². The highest BCUT2D eigenvalue weighted by molar-refractivity contribution is 5.61. The molecule has 0 bridgehead atoms. The number of carbonyl (C=O) groups is 1. The zero-order valence-corrected chi connectivity index (χ0v) is 5.63. The second-order valence-corrected chi connectivity index (χ2v) is 1.73. The summed E-state index contributed by atoms with van der Waals surface area (Å²) < 4.78 is 4.03. The fourth-order valence-corrected chi connectivity index (χ4v) is 0.519. The zero-order valence-electron chi connectivity index (χ0n) is 5.63. The topological polar surface area (TPSA) is 113 Å². The van der Waals surface area contributed by atoms with Crippen LogP contribution in [0.4, 0.5) is 4.79 Å². The van der Waals surface area contributed by atoms with Gasteiger partial charge in [0.2, 0.25) is 5.75 Å². The second-order valence-electron chi connectivity index (χ2n) is 1.73. The van der Waals surface area contributed by atoms with Crippen molar-refractivity contribution in [3.05, 3.63) is 6.20 Å². The van der Waals surface area contributed by atoms with Gasteiger partial charge >= 0.3 is 12.2 Å². The standard InChI is InChI=1S/C5H4N2O5/c8-3-2(12-5(10)11)1-6-4(9)7-3/h1H,(H,10,11)(H2,6,7,8,9). The van der Waals surface area contributed by atoms with E-state index in [4.69, 9.17) is 15.3 Å². The number of hydrogen-bond donors (Lipinski definition) is 3. The third-order valence-electron chi connectivity index (χ3n) is 0.921. The van der Waals surface area contributed by atoms with Gasteiger partial charge in [0.1, 0.15) is 0 Å². The minimum atomic E-state index is -1.60. The van der Waals surface area contributed by atoms with Crippen molar-refractivity contribution in [2.75, 3.05) is 0 Å². The Balaban J connectivity index is 2.93. The van der Waals surface area contributed by atoms with E-state index in [1.807, 2.05) is 0 Å². The van der Waals surface area contributed by atoms with Gasteiger partial charge in [-0.25, -0.2) is 4.79 Å². The summed E-state index contributed by atoms with van der Waals surface area (Å²) >= 11 is 0. The number of carboxylic acid groups (broad SMARTS) is 1. The van der Waals surface area contributed by atoms with E-state index in [0.29, 0.717) is 0 Å². The monoisotopic (exact) mass is 172 g/mol. The fraction of sp³-hybridized carbons (Fsp3) is 0. The molecule has 0 spiro atoms. The van der Waals surface area contributed by atoms with Crippen LogP contribution in [0.15, 0.2) is 6.20 Å². The molecule has 7 heteroatoms. The van der Waals surface area contributed by atoms with Crippen molar-refractivity contribution < 1.29 is 24.9 Å². The van der Waals surface area contributed by atoms with Crippen LogP contribution < -0.4 is 4.74 Å². The van der Waals surface area contributed by atoms with E-state index in [-0.39, 0.29) is 0 Å². The van der Waals surface area contributed by atoms with E-state index < -0.39 is 23.8 Å². The third-order valence-corrected chi connectivity index (χ3v) is 0.921. The lowest BCUT2D eigenvalue weighted by Gasteiger charge is -1.99. The van der Waals surface area contributed by atoms with Crippen molar-refractivity contribution in [1.82, 2.24) is 9.97 Å². The summed E-state index contributed by atoms with van der Waals surface area (Å²) in [5, 5.41) is 25.5. The minimum absolute atomic E-state index is 0.430. The van der Waals surface area contributed by atoms with Crippen LogP contribution in [-0.2, 0) is 0 Å². The Bertz CT molecular complexity index is 313. The van der Waals surface area contributed by atoms with E-state index in [0.717, 1.165) is 6.20 Å². The summed E-state index contributed by atoms with van der Waals surface area (Å²) in [6.07, 6.45) is -0.759. The normalized spacial score (nSPS) is 9.33. The average Bonchev–Trinajstić information content (AvgIpc) is 1.94. The van der Waals surface area contributed by atoms with Crippen molar-refractivity contribution >= 4 is 6.16 Å². The molecule has 1 aromatic heterocycles. The summed E-state index contributed by atoms with van der Waals surface area (Å²) in [5.74, 6) is -1.16. The number of aromatic hydroxyl groups is 2. The molecule has 1 heterocycles. The van der Waals surface area contributed by atoms with Crippen LogP contribution in [0.1, 0.15) is 0 Å². The van der Waals surface area contributed by atoms with E-state index in [1.54, 1.807) is 0 Å². The van der Waals surface area contributed by atoms with Gasteiger partial charge in [0.05, 0.1) is 6.20 Å². The average molecular weight is 172 g/mol. The van der Waals surface area contributed by atoms with Crippen molar-refractivity contribution in [2.24, 2.45) is 0 Å².